The van der Waals surface area contributed by atoms with E-state index in [1.54, 1.807) is 18.2 Å². The zero-order chi connectivity index (χ0) is 16.2. The molecule has 2 aromatic rings. The standard InChI is InChI=1S/C19H19ClFNO/c20-16-9-7-15(8-10-16)18(14-5-6-14)19(23)22-12-11-13-3-1-2-4-17(13)21/h1-4,7-10,14,18H,5-6,11-12H2,(H,22,23). The number of hydrogen-bond donors (Lipinski definition) is 1. The highest BCUT2D eigenvalue weighted by Crippen LogP contribution is 2.42. The molecule has 1 atom stereocenters. The largest absolute Gasteiger partial charge is 0.355 e. The molecule has 4 heteroatoms. The number of benzene rings is 2. The molecule has 1 unspecified atom stereocenters. The van der Waals surface area contributed by atoms with Crippen LogP contribution in [0.3, 0.4) is 0 Å². The fourth-order valence-electron chi connectivity index (χ4n) is 2.87. The van der Waals surface area contributed by atoms with Crippen molar-refractivity contribution in [3.8, 4) is 0 Å². The molecule has 1 amide bonds. The number of amides is 1. The minimum absolute atomic E-state index is 0.0196. The zero-order valence-electron chi connectivity index (χ0n) is 12.8. The lowest BCUT2D eigenvalue weighted by molar-refractivity contribution is -0.123. The summed E-state index contributed by atoms with van der Waals surface area (Å²) < 4.78 is 13.6. The molecule has 1 saturated carbocycles. The fraction of sp³-hybridized carbons (Fsp3) is 0.316. The van der Waals surface area contributed by atoms with Gasteiger partial charge in [-0.15, -0.1) is 0 Å². The molecule has 2 nitrogen and oxygen atoms in total. The monoisotopic (exact) mass is 331 g/mol. The van der Waals surface area contributed by atoms with Crippen LogP contribution in [0.4, 0.5) is 4.39 Å². The maximum atomic E-state index is 13.6. The molecule has 0 bridgehead atoms. The molecule has 1 fully saturated rings. The van der Waals surface area contributed by atoms with E-state index >= 15 is 0 Å². The third kappa shape index (κ3) is 4.11. The second-order valence-electron chi connectivity index (χ2n) is 6.00. The summed E-state index contributed by atoms with van der Waals surface area (Å²) in [7, 11) is 0. The predicted molar refractivity (Wildman–Crippen MR) is 90.0 cm³/mol. The van der Waals surface area contributed by atoms with Crippen LogP contribution in [0.2, 0.25) is 5.02 Å². The van der Waals surface area contributed by atoms with Crippen molar-refractivity contribution in [3.63, 3.8) is 0 Å². The average molecular weight is 332 g/mol. The van der Waals surface area contributed by atoms with Gasteiger partial charge in [0.25, 0.3) is 0 Å². The lowest BCUT2D eigenvalue weighted by atomic mass is 9.93. The number of hydrogen-bond acceptors (Lipinski definition) is 1. The van der Waals surface area contributed by atoms with Gasteiger partial charge in [-0.1, -0.05) is 41.9 Å². The first-order chi connectivity index (χ1) is 11.1. The highest BCUT2D eigenvalue weighted by molar-refractivity contribution is 6.30. The molecule has 2 aromatic carbocycles. The van der Waals surface area contributed by atoms with E-state index in [0.29, 0.717) is 29.5 Å². The number of carbonyl (C=O) groups excluding carboxylic acids is 1. The van der Waals surface area contributed by atoms with Crippen LogP contribution in [0.5, 0.6) is 0 Å². The van der Waals surface area contributed by atoms with Crippen LogP contribution in [0.15, 0.2) is 48.5 Å². The van der Waals surface area contributed by atoms with Crippen LogP contribution in [0, 0.1) is 11.7 Å². The van der Waals surface area contributed by atoms with E-state index in [1.807, 2.05) is 24.3 Å². The number of nitrogens with one attached hydrogen (secondary N) is 1. The van der Waals surface area contributed by atoms with E-state index in [4.69, 9.17) is 11.6 Å². The second-order valence-corrected chi connectivity index (χ2v) is 6.44. The van der Waals surface area contributed by atoms with Gasteiger partial charge < -0.3 is 5.32 Å². The maximum absolute atomic E-state index is 13.6. The lowest BCUT2D eigenvalue weighted by Gasteiger charge is -2.17. The first-order valence-electron chi connectivity index (χ1n) is 7.92. The molecule has 0 heterocycles. The Hall–Kier alpha value is -1.87. The average Bonchev–Trinajstić information content (AvgIpc) is 3.36. The number of carbonyl (C=O) groups is 1. The summed E-state index contributed by atoms with van der Waals surface area (Å²) in [5.41, 5.74) is 1.63. The van der Waals surface area contributed by atoms with Crippen molar-refractivity contribution in [2.45, 2.75) is 25.2 Å². The summed E-state index contributed by atoms with van der Waals surface area (Å²) >= 11 is 5.92. The molecule has 0 radical (unpaired) electrons. The first-order valence-corrected chi connectivity index (χ1v) is 8.29. The van der Waals surface area contributed by atoms with E-state index in [9.17, 15) is 9.18 Å². The van der Waals surface area contributed by atoms with E-state index in [2.05, 4.69) is 5.32 Å². The molecule has 0 aromatic heterocycles. The van der Waals surface area contributed by atoms with Crippen LogP contribution >= 0.6 is 11.6 Å². The summed E-state index contributed by atoms with van der Waals surface area (Å²) in [4.78, 5) is 12.5. The molecular formula is C19H19ClFNO. The van der Waals surface area contributed by atoms with Crippen molar-refractivity contribution in [1.82, 2.24) is 5.32 Å². The van der Waals surface area contributed by atoms with Crippen molar-refractivity contribution >= 4 is 17.5 Å². The van der Waals surface area contributed by atoms with Gasteiger partial charge in [0.2, 0.25) is 5.91 Å². The van der Waals surface area contributed by atoms with E-state index in [0.717, 1.165) is 18.4 Å². The maximum Gasteiger partial charge on any atom is 0.227 e. The minimum Gasteiger partial charge on any atom is -0.355 e. The fourth-order valence-corrected chi connectivity index (χ4v) is 2.99. The summed E-state index contributed by atoms with van der Waals surface area (Å²) in [6, 6.07) is 14.1. The Morgan fingerprint density at radius 2 is 1.87 bits per heavy atom. The number of halogens is 2. The molecular weight excluding hydrogens is 313 g/mol. The zero-order valence-corrected chi connectivity index (χ0v) is 13.5. The van der Waals surface area contributed by atoms with Gasteiger partial charge in [0.1, 0.15) is 5.82 Å². The van der Waals surface area contributed by atoms with Crippen molar-refractivity contribution in [2.24, 2.45) is 5.92 Å². The van der Waals surface area contributed by atoms with E-state index in [-0.39, 0.29) is 17.6 Å². The van der Waals surface area contributed by atoms with Crippen LogP contribution < -0.4 is 5.32 Å². The first kappa shape index (κ1) is 16.0. The molecule has 3 rings (SSSR count). The molecule has 1 aliphatic carbocycles. The summed E-state index contributed by atoms with van der Waals surface area (Å²) in [5.74, 6) is 0.0712. The van der Waals surface area contributed by atoms with Crippen molar-refractivity contribution in [3.05, 3.63) is 70.5 Å². The second kappa shape index (κ2) is 7.14. The summed E-state index contributed by atoms with van der Waals surface area (Å²) in [6.45, 7) is 0.441. The molecule has 23 heavy (non-hydrogen) atoms. The number of rotatable bonds is 6. The minimum atomic E-state index is -0.224. The molecule has 1 N–H and O–H groups in total. The Balaban J connectivity index is 1.61. The molecule has 1 aliphatic rings. The van der Waals surface area contributed by atoms with Gasteiger partial charge in [0.15, 0.2) is 0 Å². The van der Waals surface area contributed by atoms with Gasteiger partial charge in [0.05, 0.1) is 5.92 Å². The van der Waals surface area contributed by atoms with E-state index in [1.165, 1.54) is 6.07 Å². The van der Waals surface area contributed by atoms with Crippen LogP contribution in [0.25, 0.3) is 0 Å². The third-order valence-electron chi connectivity index (χ3n) is 4.26. The van der Waals surface area contributed by atoms with Gasteiger partial charge in [-0.3, -0.25) is 4.79 Å². The Morgan fingerprint density at radius 3 is 2.52 bits per heavy atom. The van der Waals surface area contributed by atoms with Gasteiger partial charge in [-0.25, -0.2) is 4.39 Å². The Labute approximate surface area is 140 Å². The predicted octanol–water partition coefficient (Wildman–Crippen LogP) is 4.33. The van der Waals surface area contributed by atoms with Crippen LogP contribution in [-0.4, -0.2) is 12.5 Å². The van der Waals surface area contributed by atoms with Crippen molar-refractivity contribution in [1.29, 1.82) is 0 Å². The normalized spacial score (nSPS) is 15.2. The SMILES string of the molecule is O=C(NCCc1ccccc1F)C(c1ccc(Cl)cc1)C1CC1. The highest BCUT2D eigenvalue weighted by Gasteiger charge is 2.37. The Morgan fingerprint density at radius 1 is 1.17 bits per heavy atom. The summed E-state index contributed by atoms with van der Waals surface area (Å²) in [5, 5.41) is 3.62. The molecule has 0 aliphatic heterocycles. The Kier molecular flexibility index (Phi) is 4.97. The molecule has 0 saturated heterocycles. The van der Waals surface area contributed by atoms with Crippen LogP contribution in [0.1, 0.15) is 29.9 Å². The van der Waals surface area contributed by atoms with Gasteiger partial charge in [-0.05, 0) is 54.5 Å². The van der Waals surface area contributed by atoms with Gasteiger partial charge in [0, 0.05) is 11.6 Å². The summed E-state index contributed by atoms with van der Waals surface area (Å²) in [6.07, 6.45) is 2.65. The smallest absolute Gasteiger partial charge is 0.227 e. The molecule has 120 valence electrons. The third-order valence-corrected chi connectivity index (χ3v) is 4.51. The van der Waals surface area contributed by atoms with Crippen molar-refractivity contribution in [2.75, 3.05) is 6.54 Å². The quantitative estimate of drug-likeness (QED) is 0.838. The van der Waals surface area contributed by atoms with E-state index < -0.39 is 0 Å². The van der Waals surface area contributed by atoms with Gasteiger partial charge >= 0.3 is 0 Å². The van der Waals surface area contributed by atoms with Crippen LogP contribution in [-0.2, 0) is 11.2 Å². The Bertz CT molecular complexity index is 682. The highest BCUT2D eigenvalue weighted by atomic mass is 35.5. The topological polar surface area (TPSA) is 29.1 Å². The van der Waals surface area contributed by atoms with Gasteiger partial charge in [-0.2, -0.15) is 0 Å². The lowest BCUT2D eigenvalue weighted by Crippen LogP contribution is -2.32. The molecule has 0 spiro atoms. The van der Waals surface area contributed by atoms with Crippen molar-refractivity contribution < 1.29 is 9.18 Å².